The summed E-state index contributed by atoms with van der Waals surface area (Å²) in [6, 6.07) is 4.82. The molecule has 0 N–H and O–H groups in total. The maximum atomic E-state index is 12.3. The molecule has 4 heteroatoms. The van der Waals surface area contributed by atoms with E-state index in [0.717, 1.165) is 12.1 Å². The van der Waals surface area contributed by atoms with Crippen molar-refractivity contribution in [2.45, 2.75) is 19.5 Å². The van der Waals surface area contributed by atoms with Crippen LogP contribution in [0.5, 0.6) is 5.75 Å². The summed E-state index contributed by atoms with van der Waals surface area (Å²) in [6.07, 6.45) is -3.82. The summed E-state index contributed by atoms with van der Waals surface area (Å²) < 4.78 is 42.1. The molecule has 0 spiro atoms. The van der Waals surface area contributed by atoms with E-state index in [1.165, 1.54) is 12.1 Å². The number of halogens is 3. The van der Waals surface area contributed by atoms with E-state index in [1.54, 1.807) is 6.92 Å². The van der Waals surface area contributed by atoms with Gasteiger partial charge >= 0.3 is 6.18 Å². The standard InChI is InChI=1S/C12H11F3O/c1-2-3-4-8-16-11-7-5-6-10(9-11)12(13,14)15/h5-7,9H,4,8H2,1H3. The molecule has 0 aromatic heterocycles. The molecule has 1 nitrogen and oxygen atoms in total. The highest BCUT2D eigenvalue weighted by Gasteiger charge is 2.30. The molecule has 0 aliphatic rings. The lowest BCUT2D eigenvalue weighted by Gasteiger charge is -2.09. The van der Waals surface area contributed by atoms with Crippen LogP contribution in [0.4, 0.5) is 13.2 Å². The van der Waals surface area contributed by atoms with Crippen molar-refractivity contribution in [1.82, 2.24) is 0 Å². The minimum Gasteiger partial charge on any atom is -0.493 e. The van der Waals surface area contributed by atoms with Crippen LogP contribution < -0.4 is 4.74 Å². The average Bonchev–Trinajstić information content (AvgIpc) is 2.24. The van der Waals surface area contributed by atoms with Gasteiger partial charge in [0.05, 0.1) is 12.2 Å². The Hall–Kier alpha value is -1.63. The molecule has 1 rings (SSSR count). The number of alkyl halides is 3. The first-order valence-electron chi connectivity index (χ1n) is 4.73. The van der Waals surface area contributed by atoms with Crippen LogP contribution in [0.3, 0.4) is 0 Å². The van der Waals surface area contributed by atoms with Crippen molar-refractivity contribution in [2.75, 3.05) is 6.61 Å². The van der Waals surface area contributed by atoms with Gasteiger partial charge in [0, 0.05) is 6.42 Å². The highest BCUT2D eigenvalue weighted by Crippen LogP contribution is 2.31. The van der Waals surface area contributed by atoms with Gasteiger partial charge in [0.2, 0.25) is 0 Å². The third kappa shape index (κ3) is 3.85. The van der Waals surface area contributed by atoms with Crippen molar-refractivity contribution in [3.8, 4) is 17.6 Å². The van der Waals surface area contributed by atoms with E-state index < -0.39 is 11.7 Å². The first kappa shape index (κ1) is 12.4. The molecule has 16 heavy (non-hydrogen) atoms. The zero-order chi connectivity index (χ0) is 12.0. The Morgan fingerprint density at radius 2 is 2.06 bits per heavy atom. The summed E-state index contributed by atoms with van der Waals surface area (Å²) >= 11 is 0. The van der Waals surface area contributed by atoms with E-state index in [9.17, 15) is 13.2 Å². The summed E-state index contributed by atoms with van der Waals surface area (Å²) in [6.45, 7) is 1.99. The van der Waals surface area contributed by atoms with Gasteiger partial charge in [-0.05, 0) is 25.1 Å². The largest absolute Gasteiger partial charge is 0.493 e. The highest BCUT2D eigenvalue weighted by molar-refractivity contribution is 5.30. The van der Waals surface area contributed by atoms with E-state index in [-0.39, 0.29) is 5.75 Å². The molecule has 0 heterocycles. The van der Waals surface area contributed by atoms with Gasteiger partial charge in [-0.3, -0.25) is 0 Å². The van der Waals surface area contributed by atoms with Crippen molar-refractivity contribution >= 4 is 0 Å². The molecule has 1 aromatic rings. The van der Waals surface area contributed by atoms with Crippen LogP contribution >= 0.6 is 0 Å². The van der Waals surface area contributed by atoms with E-state index in [4.69, 9.17) is 4.74 Å². The maximum Gasteiger partial charge on any atom is 0.416 e. The van der Waals surface area contributed by atoms with Gasteiger partial charge in [-0.2, -0.15) is 13.2 Å². The van der Waals surface area contributed by atoms with Crippen LogP contribution in [0.15, 0.2) is 24.3 Å². The molecule has 0 fully saturated rings. The van der Waals surface area contributed by atoms with Crippen LogP contribution in [-0.4, -0.2) is 6.61 Å². The molecule has 0 aliphatic carbocycles. The zero-order valence-corrected chi connectivity index (χ0v) is 8.77. The summed E-state index contributed by atoms with van der Waals surface area (Å²) in [4.78, 5) is 0. The number of hydrogen-bond donors (Lipinski definition) is 0. The Balaban J connectivity index is 2.63. The molecular formula is C12H11F3O. The summed E-state index contributed by atoms with van der Waals surface area (Å²) in [5.41, 5.74) is -0.702. The summed E-state index contributed by atoms with van der Waals surface area (Å²) in [7, 11) is 0. The predicted octanol–water partition coefficient (Wildman–Crippen LogP) is 3.50. The molecule has 86 valence electrons. The van der Waals surface area contributed by atoms with Crippen molar-refractivity contribution in [2.24, 2.45) is 0 Å². The molecule has 0 saturated heterocycles. The Bertz CT molecular complexity index is 399. The molecule has 0 atom stereocenters. The number of rotatable bonds is 3. The second kappa shape index (κ2) is 5.45. The van der Waals surface area contributed by atoms with Crippen molar-refractivity contribution in [3.63, 3.8) is 0 Å². The molecule has 0 aliphatic heterocycles. The minimum absolute atomic E-state index is 0.215. The molecule has 0 bridgehead atoms. The SMILES string of the molecule is CC#CCCOc1cccc(C(F)(F)F)c1. The highest BCUT2D eigenvalue weighted by atomic mass is 19.4. The van der Waals surface area contributed by atoms with Gasteiger partial charge in [-0.25, -0.2) is 0 Å². The molecule has 0 saturated carbocycles. The van der Waals surface area contributed by atoms with Crippen LogP contribution in [0.25, 0.3) is 0 Å². The van der Waals surface area contributed by atoms with Gasteiger partial charge in [0.15, 0.2) is 0 Å². The lowest BCUT2D eigenvalue weighted by Crippen LogP contribution is -2.05. The number of hydrogen-bond acceptors (Lipinski definition) is 1. The van der Waals surface area contributed by atoms with Gasteiger partial charge in [-0.15, -0.1) is 11.8 Å². The van der Waals surface area contributed by atoms with Gasteiger partial charge in [-0.1, -0.05) is 6.07 Å². The number of ether oxygens (including phenoxy) is 1. The minimum atomic E-state index is -4.33. The first-order valence-corrected chi connectivity index (χ1v) is 4.73. The van der Waals surface area contributed by atoms with E-state index in [0.29, 0.717) is 13.0 Å². The Labute approximate surface area is 92.2 Å². The van der Waals surface area contributed by atoms with Gasteiger partial charge < -0.3 is 4.74 Å². The Kier molecular flexibility index (Phi) is 4.24. The molecule has 1 aromatic carbocycles. The summed E-state index contributed by atoms with van der Waals surface area (Å²) in [5, 5.41) is 0. The molecule has 0 unspecified atom stereocenters. The lowest BCUT2D eigenvalue weighted by atomic mass is 10.2. The molecule has 0 radical (unpaired) electrons. The second-order valence-electron chi connectivity index (χ2n) is 3.05. The fourth-order valence-electron chi connectivity index (χ4n) is 1.11. The first-order chi connectivity index (χ1) is 7.54. The Morgan fingerprint density at radius 1 is 1.31 bits per heavy atom. The van der Waals surface area contributed by atoms with Gasteiger partial charge in [0.25, 0.3) is 0 Å². The van der Waals surface area contributed by atoms with Gasteiger partial charge in [0.1, 0.15) is 5.75 Å². The quantitative estimate of drug-likeness (QED) is 0.568. The van der Waals surface area contributed by atoms with Crippen molar-refractivity contribution < 1.29 is 17.9 Å². The van der Waals surface area contributed by atoms with Crippen molar-refractivity contribution in [3.05, 3.63) is 29.8 Å². The molecular weight excluding hydrogens is 217 g/mol. The topological polar surface area (TPSA) is 9.23 Å². The molecule has 0 amide bonds. The third-order valence-corrected chi connectivity index (χ3v) is 1.83. The maximum absolute atomic E-state index is 12.3. The van der Waals surface area contributed by atoms with E-state index in [1.807, 2.05) is 0 Å². The van der Waals surface area contributed by atoms with Crippen LogP contribution in [-0.2, 0) is 6.18 Å². The summed E-state index contributed by atoms with van der Waals surface area (Å²) in [5.74, 6) is 5.66. The van der Waals surface area contributed by atoms with Crippen LogP contribution in [0, 0.1) is 11.8 Å². The lowest BCUT2D eigenvalue weighted by molar-refractivity contribution is -0.137. The zero-order valence-electron chi connectivity index (χ0n) is 8.77. The number of benzene rings is 1. The van der Waals surface area contributed by atoms with Crippen LogP contribution in [0.2, 0.25) is 0 Å². The second-order valence-corrected chi connectivity index (χ2v) is 3.05. The average molecular weight is 228 g/mol. The Morgan fingerprint density at radius 3 is 2.69 bits per heavy atom. The fourth-order valence-corrected chi connectivity index (χ4v) is 1.11. The predicted molar refractivity (Wildman–Crippen MR) is 55.0 cm³/mol. The van der Waals surface area contributed by atoms with E-state index >= 15 is 0 Å². The normalized spacial score (nSPS) is 10.5. The fraction of sp³-hybridized carbons (Fsp3) is 0.333. The van der Waals surface area contributed by atoms with Crippen molar-refractivity contribution in [1.29, 1.82) is 0 Å². The third-order valence-electron chi connectivity index (χ3n) is 1.83. The van der Waals surface area contributed by atoms with E-state index in [2.05, 4.69) is 11.8 Å². The van der Waals surface area contributed by atoms with Crippen LogP contribution in [0.1, 0.15) is 18.9 Å². The monoisotopic (exact) mass is 228 g/mol. The smallest absolute Gasteiger partial charge is 0.416 e.